The summed E-state index contributed by atoms with van der Waals surface area (Å²) in [5, 5.41) is 14.3. The monoisotopic (exact) mass is 964 g/mol. The molecule has 1 saturated heterocycles. The lowest BCUT2D eigenvalue weighted by molar-refractivity contribution is -0.154. The molecular formula is C53H62Cl2N6O7. The molecule has 0 bridgehead atoms. The summed E-state index contributed by atoms with van der Waals surface area (Å²) in [5.41, 5.74) is 2.62. The van der Waals surface area contributed by atoms with E-state index in [1.807, 2.05) is 82.8 Å². The summed E-state index contributed by atoms with van der Waals surface area (Å²) in [7, 11) is 6.03. The molecule has 5 aromatic rings. The molecule has 2 aromatic heterocycles. The molecule has 0 spiro atoms. The van der Waals surface area contributed by atoms with Gasteiger partial charge in [0.15, 0.2) is 0 Å². The number of hydrogen-bond donors (Lipinski definition) is 2. The average Bonchev–Trinajstić information content (AvgIpc) is 3.83. The van der Waals surface area contributed by atoms with E-state index in [-0.39, 0.29) is 37.0 Å². The highest BCUT2D eigenvalue weighted by molar-refractivity contribution is 6.31. The Labute approximate surface area is 409 Å². The lowest BCUT2D eigenvalue weighted by Crippen LogP contribution is -2.61. The van der Waals surface area contributed by atoms with Crippen molar-refractivity contribution in [3.05, 3.63) is 130 Å². The van der Waals surface area contributed by atoms with Crippen LogP contribution in [-0.2, 0) is 56.8 Å². The van der Waals surface area contributed by atoms with Crippen molar-refractivity contribution in [2.75, 3.05) is 20.7 Å². The van der Waals surface area contributed by atoms with Crippen molar-refractivity contribution in [1.29, 1.82) is 0 Å². The first kappa shape index (κ1) is 50.3. The molecule has 3 heterocycles. The van der Waals surface area contributed by atoms with Crippen molar-refractivity contribution in [2.45, 2.75) is 102 Å². The Kier molecular flexibility index (Phi) is 16.1. The molecule has 1 aliphatic carbocycles. The van der Waals surface area contributed by atoms with Crippen LogP contribution < -0.4 is 10.1 Å². The topological polar surface area (TPSA) is 156 Å². The maximum Gasteiger partial charge on any atom is 0.304 e. The molecule has 2 N–H and O–H groups in total. The molecule has 3 aromatic carbocycles. The maximum atomic E-state index is 14.8. The molecular weight excluding hydrogens is 904 g/mol. The van der Waals surface area contributed by atoms with Crippen molar-refractivity contribution in [1.82, 2.24) is 29.7 Å². The highest BCUT2D eigenvalue weighted by Gasteiger charge is 2.50. The number of Topliss-reactive ketones (excluding diaryl/α,β-unsaturated/α-hetero) is 1. The minimum atomic E-state index is -1.08. The van der Waals surface area contributed by atoms with Crippen LogP contribution in [0.3, 0.4) is 0 Å². The Balaban J connectivity index is 1.06. The van der Waals surface area contributed by atoms with Gasteiger partial charge in [0.05, 0.1) is 31.5 Å². The molecule has 2 aliphatic rings. The number of amides is 2. The van der Waals surface area contributed by atoms with Gasteiger partial charge in [0.25, 0.3) is 0 Å². The van der Waals surface area contributed by atoms with Crippen LogP contribution in [0.5, 0.6) is 11.5 Å². The highest BCUT2D eigenvalue weighted by Crippen LogP contribution is 2.40. The first-order chi connectivity index (χ1) is 32.4. The first-order valence-electron chi connectivity index (χ1n) is 23.3. The third-order valence-electron chi connectivity index (χ3n) is 13.4. The fourth-order valence-electron chi connectivity index (χ4n) is 9.83. The van der Waals surface area contributed by atoms with Gasteiger partial charge >= 0.3 is 5.97 Å². The summed E-state index contributed by atoms with van der Waals surface area (Å²) in [4.78, 5) is 68.2. The summed E-state index contributed by atoms with van der Waals surface area (Å²) in [6, 6.07) is 23.4. The number of pyridine rings is 1. The van der Waals surface area contributed by atoms with E-state index in [9.17, 15) is 24.3 Å². The molecule has 2 fully saturated rings. The zero-order valence-electron chi connectivity index (χ0n) is 39.7. The van der Waals surface area contributed by atoms with E-state index in [2.05, 4.69) is 24.8 Å². The molecule has 1 aliphatic heterocycles. The quantitative estimate of drug-likeness (QED) is 0.0818. The van der Waals surface area contributed by atoms with Gasteiger partial charge in [-0.3, -0.25) is 29.1 Å². The molecule has 360 valence electrons. The SMILES string of the molecule is C[C@H](CCc1ccc(Cl)cc1Oc1ccc(-c2cnc(CN(C)C)n2C)cc1)C(=O)N1[C@H](C(=O)N[C@@]2(Cc3ccc(Cl)cc3)CCCC(C(=O)[C@@H](CC(=O)O)Cc3cccnc3)C2)COC1(C)C. The fraction of sp³-hybridized carbons (Fsp3) is 0.434. The Morgan fingerprint density at radius 1 is 0.985 bits per heavy atom. The van der Waals surface area contributed by atoms with Crippen molar-refractivity contribution in [3.63, 3.8) is 0 Å². The van der Waals surface area contributed by atoms with Crippen LogP contribution in [0.4, 0.5) is 0 Å². The molecule has 0 radical (unpaired) electrons. The van der Waals surface area contributed by atoms with Gasteiger partial charge in [-0.15, -0.1) is 0 Å². The summed E-state index contributed by atoms with van der Waals surface area (Å²) in [6.45, 7) is 6.17. The number of ketones is 1. The number of benzene rings is 3. The molecule has 7 rings (SSSR count). The largest absolute Gasteiger partial charge is 0.481 e. The number of imidazole rings is 1. The van der Waals surface area contributed by atoms with Gasteiger partial charge in [0.1, 0.15) is 34.9 Å². The Morgan fingerprint density at radius 2 is 1.72 bits per heavy atom. The Morgan fingerprint density at radius 3 is 2.41 bits per heavy atom. The van der Waals surface area contributed by atoms with Gasteiger partial charge in [-0.1, -0.05) is 60.8 Å². The molecule has 15 heteroatoms. The van der Waals surface area contributed by atoms with Gasteiger partial charge in [0.2, 0.25) is 11.8 Å². The molecule has 68 heavy (non-hydrogen) atoms. The lowest BCUT2D eigenvalue weighted by Gasteiger charge is -2.43. The highest BCUT2D eigenvalue weighted by atomic mass is 35.5. The second-order valence-corrected chi connectivity index (χ2v) is 20.2. The van der Waals surface area contributed by atoms with E-state index >= 15 is 0 Å². The van der Waals surface area contributed by atoms with Crippen LogP contribution in [-0.4, -0.2) is 91.0 Å². The van der Waals surface area contributed by atoms with Crippen molar-refractivity contribution in [3.8, 4) is 22.8 Å². The number of carboxylic acids is 1. The van der Waals surface area contributed by atoms with Gasteiger partial charge in [-0.05, 0) is 144 Å². The number of hydrogen-bond acceptors (Lipinski definition) is 9. The number of nitrogens with one attached hydrogen (secondary N) is 1. The number of aryl methyl sites for hydroxylation is 1. The normalized spacial score (nSPS) is 19.9. The van der Waals surface area contributed by atoms with Crippen LogP contribution in [0, 0.1) is 17.8 Å². The molecule has 2 amide bonds. The van der Waals surface area contributed by atoms with Crippen LogP contribution in [0.15, 0.2) is 97.5 Å². The van der Waals surface area contributed by atoms with E-state index in [0.717, 1.165) is 40.3 Å². The van der Waals surface area contributed by atoms with Gasteiger partial charge in [0, 0.05) is 58.3 Å². The number of halogens is 2. The van der Waals surface area contributed by atoms with Crippen molar-refractivity contribution >= 4 is 46.8 Å². The minimum Gasteiger partial charge on any atom is -0.481 e. The summed E-state index contributed by atoms with van der Waals surface area (Å²) >= 11 is 12.8. The van der Waals surface area contributed by atoms with E-state index in [4.69, 9.17) is 32.7 Å². The molecule has 5 atom stereocenters. The number of carboxylic acid groups (broad SMARTS) is 1. The predicted octanol–water partition coefficient (Wildman–Crippen LogP) is 9.37. The van der Waals surface area contributed by atoms with Gasteiger partial charge in [-0.2, -0.15) is 0 Å². The Hall–Kier alpha value is -5.60. The summed E-state index contributed by atoms with van der Waals surface area (Å²) in [5.74, 6) is -1.36. The third kappa shape index (κ3) is 12.3. The minimum absolute atomic E-state index is 0.00568. The zero-order chi connectivity index (χ0) is 48.8. The van der Waals surface area contributed by atoms with E-state index in [0.29, 0.717) is 66.5 Å². The number of rotatable bonds is 19. The van der Waals surface area contributed by atoms with Crippen molar-refractivity contribution < 1.29 is 33.8 Å². The van der Waals surface area contributed by atoms with Gasteiger partial charge < -0.3 is 29.4 Å². The molecule has 1 unspecified atom stereocenters. The summed E-state index contributed by atoms with van der Waals surface area (Å²) < 4.78 is 14.7. The number of nitrogens with zero attached hydrogens (tertiary/aromatic N) is 5. The number of carbonyl (C=O) groups excluding carboxylic acids is 3. The van der Waals surface area contributed by atoms with Crippen molar-refractivity contribution in [2.24, 2.45) is 24.8 Å². The maximum absolute atomic E-state index is 14.8. The number of carbonyl (C=O) groups is 4. The number of ether oxygens (including phenoxy) is 2. The number of aromatic nitrogens is 3. The second-order valence-electron chi connectivity index (χ2n) is 19.3. The Bertz CT molecular complexity index is 2570. The first-order valence-corrected chi connectivity index (χ1v) is 24.1. The smallest absolute Gasteiger partial charge is 0.304 e. The zero-order valence-corrected chi connectivity index (χ0v) is 41.2. The van der Waals surface area contributed by atoms with E-state index in [1.54, 1.807) is 61.5 Å². The van der Waals surface area contributed by atoms with Gasteiger partial charge in [-0.25, -0.2) is 4.98 Å². The lowest BCUT2D eigenvalue weighted by atomic mass is 9.69. The number of aliphatic carboxylic acids is 1. The average molecular weight is 966 g/mol. The molecule has 1 saturated carbocycles. The van der Waals surface area contributed by atoms with Crippen LogP contribution in [0.1, 0.15) is 81.8 Å². The van der Waals surface area contributed by atoms with E-state index < -0.39 is 41.0 Å². The van der Waals surface area contributed by atoms with Crippen LogP contribution in [0.2, 0.25) is 10.0 Å². The van der Waals surface area contributed by atoms with Crippen LogP contribution in [0.25, 0.3) is 11.3 Å². The predicted molar refractivity (Wildman–Crippen MR) is 262 cm³/mol. The summed E-state index contributed by atoms with van der Waals surface area (Å²) in [6.07, 6.45) is 8.56. The van der Waals surface area contributed by atoms with Crippen LogP contribution >= 0.6 is 23.2 Å². The second kappa shape index (κ2) is 21.8. The standard InChI is InChI=1S/C53H62Cl2N6O7/c1-34(11-14-38-15-20-42(55)27-46(38)68-43-21-16-37(17-22-43)44-31-57-47(60(44)6)32-59(4)5)51(66)61-45(33-67-52(61,2)3)50(65)58-53(28-35-12-18-41(54)19-13-35)23-7-10-39(29-53)49(64)40(26-48(62)63)25-36-9-8-24-56-30-36/h8-9,12-13,15-22,24,27,30-31,34,39-40,45H,7,10-11,14,23,25-26,28-29,32-33H2,1-6H3,(H,58,65)(H,62,63)/t34-,39?,40-,45+,53-/m1/s1. The van der Waals surface area contributed by atoms with E-state index in [1.165, 1.54) is 0 Å². The fourth-order valence-corrected chi connectivity index (χ4v) is 10.1. The molecule has 13 nitrogen and oxygen atoms in total. The third-order valence-corrected chi connectivity index (χ3v) is 13.9.